The van der Waals surface area contributed by atoms with E-state index in [4.69, 9.17) is 0 Å². The largest absolute Gasteiger partial charge is 0.296 e. The third-order valence-corrected chi connectivity index (χ3v) is 2.60. The van der Waals surface area contributed by atoms with Gasteiger partial charge in [-0.1, -0.05) is 24.3 Å². The normalized spacial score (nSPS) is 10.6. The average molecular weight is 223 g/mol. The molecule has 4 heteroatoms. The zero-order valence-corrected chi connectivity index (χ0v) is 8.92. The molecule has 1 N–H and O–H groups in total. The Morgan fingerprint density at radius 2 is 1.94 bits per heavy atom. The average Bonchev–Trinajstić information content (AvgIpc) is 2.82. The highest BCUT2D eigenvalue weighted by Crippen LogP contribution is 2.24. The third-order valence-electron chi connectivity index (χ3n) is 2.60. The fraction of sp³-hybridized carbons (Fsp3) is 0. The molecule has 1 aromatic carbocycles. The molecular weight excluding hydrogens is 214 g/mol. The maximum atomic E-state index is 10.7. The van der Waals surface area contributed by atoms with Gasteiger partial charge in [-0.15, -0.1) is 0 Å². The minimum atomic E-state index is 0.412. The predicted octanol–water partition coefficient (Wildman–Crippen LogP) is 2.44. The van der Waals surface area contributed by atoms with Crippen molar-refractivity contribution in [3.05, 3.63) is 48.2 Å². The summed E-state index contributed by atoms with van der Waals surface area (Å²) in [4.78, 5) is 14.9. The summed E-state index contributed by atoms with van der Waals surface area (Å²) in [5.74, 6) is 0. The van der Waals surface area contributed by atoms with Gasteiger partial charge in [0.15, 0.2) is 6.29 Å². The van der Waals surface area contributed by atoms with Gasteiger partial charge in [0.2, 0.25) is 0 Å². The van der Waals surface area contributed by atoms with Crippen molar-refractivity contribution < 1.29 is 4.79 Å². The van der Waals surface area contributed by atoms with E-state index >= 15 is 0 Å². The number of fused-ring (bicyclic) bond motifs is 1. The lowest BCUT2D eigenvalue weighted by Crippen LogP contribution is -1.90. The van der Waals surface area contributed by atoms with Crippen LogP contribution in [-0.4, -0.2) is 21.5 Å². The molecule has 0 atom stereocenters. The van der Waals surface area contributed by atoms with Crippen LogP contribution in [0, 0.1) is 0 Å². The molecule has 82 valence electrons. The summed E-state index contributed by atoms with van der Waals surface area (Å²) in [5.41, 5.74) is 2.84. The molecule has 0 radical (unpaired) electrons. The summed E-state index contributed by atoms with van der Waals surface area (Å²) in [7, 11) is 0. The quantitative estimate of drug-likeness (QED) is 0.679. The van der Waals surface area contributed by atoms with Crippen LogP contribution >= 0.6 is 0 Å². The molecule has 17 heavy (non-hydrogen) atoms. The molecule has 3 rings (SSSR count). The van der Waals surface area contributed by atoms with E-state index in [1.54, 1.807) is 12.1 Å². The Bertz CT molecular complexity index is 688. The van der Waals surface area contributed by atoms with E-state index in [0.717, 1.165) is 22.9 Å². The topological polar surface area (TPSA) is 58.6 Å². The first-order valence-corrected chi connectivity index (χ1v) is 5.24. The van der Waals surface area contributed by atoms with Crippen LogP contribution in [0.5, 0.6) is 0 Å². The Kier molecular flexibility index (Phi) is 2.19. The number of hydrogen-bond donors (Lipinski definition) is 1. The standard InChI is InChI=1S/C13H9N3O/c17-8-9-4-3-7-12(14-9)13-10-5-1-2-6-11(10)15-16-13/h1-8H,(H,15,16). The number of carbonyl (C=O) groups excluding carboxylic acids is 1. The minimum absolute atomic E-state index is 0.412. The first-order valence-electron chi connectivity index (χ1n) is 5.24. The number of hydrogen-bond acceptors (Lipinski definition) is 3. The maximum Gasteiger partial charge on any atom is 0.168 e. The van der Waals surface area contributed by atoms with Gasteiger partial charge in [0.05, 0.1) is 11.2 Å². The van der Waals surface area contributed by atoms with E-state index in [1.807, 2.05) is 30.3 Å². The third kappa shape index (κ3) is 1.59. The minimum Gasteiger partial charge on any atom is -0.296 e. The van der Waals surface area contributed by atoms with Gasteiger partial charge in [0.25, 0.3) is 0 Å². The molecule has 0 aliphatic heterocycles. The van der Waals surface area contributed by atoms with E-state index in [9.17, 15) is 4.79 Å². The van der Waals surface area contributed by atoms with E-state index in [0.29, 0.717) is 11.4 Å². The van der Waals surface area contributed by atoms with E-state index in [1.165, 1.54) is 0 Å². The molecule has 2 aromatic heterocycles. The zero-order valence-electron chi connectivity index (χ0n) is 8.92. The van der Waals surface area contributed by atoms with Crippen LogP contribution in [0.3, 0.4) is 0 Å². The number of aromatic nitrogens is 3. The van der Waals surface area contributed by atoms with Crippen LogP contribution in [-0.2, 0) is 0 Å². The highest BCUT2D eigenvalue weighted by Gasteiger charge is 2.08. The molecule has 2 heterocycles. The van der Waals surface area contributed by atoms with Gasteiger partial charge in [-0.25, -0.2) is 4.98 Å². The van der Waals surface area contributed by atoms with Crippen molar-refractivity contribution in [2.45, 2.75) is 0 Å². The number of H-pyrrole nitrogens is 1. The molecule has 0 spiro atoms. The van der Waals surface area contributed by atoms with Crippen LogP contribution in [0.2, 0.25) is 0 Å². The Labute approximate surface area is 97.3 Å². The van der Waals surface area contributed by atoms with Crippen LogP contribution in [0.4, 0.5) is 0 Å². The molecule has 0 bridgehead atoms. The zero-order chi connectivity index (χ0) is 11.7. The van der Waals surface area contributed by atoms with Crippen LogP contribution in [0.1, 0.15) is 10.5 Å². The lowest BCUT2D eigenvalue weighted by atomic mass is 10.1. The second-order valence-electron chi connectivity index (χ2n) is 3.68. The number of aromatic amines is 1. The lowest BCUT2D eigenvalue weighted by Gasteiger charge is -1.97. The molecule has 0 saturated heterocycles. The van der Waals surface area contributed by atoms with Crippen molar-refractivity contribution >= 4 is 17.2 Å². The van der Waals surface area contributed by atoms with Crippen LogP contribution < -0.4 is 0 Å². The Morgan fingerprint density at radius 3 is 2.82 bits per heavy atom. The Morgan fingerprint density at radius 1 is 1.06 bits per heavy atom. The summed E-state index contributed by atoms with van der Waals surface area (Å²) in [6.07, 6.45) is 0.734. The summed E-state index contributed by atoms with van der Waals surface area (Å²) in [6.45, 7) is 0. The molecule has 0 aliphatic rings. The number of pyridine rings is 1. The fourth-order valence-corrected chi connectivity index (χ4v) is 1.81. The number of nitrogens with one attached hydrogen (secondary N) is 1. The molecule has 0 saturated carbocycles. The van der Waals surface area contributed by atoms with Crippen LogP contribution in [0.25, 0.3) is 22.3 Å². The number of rotatable bonds is 2. The molecule has 4 nitrogen and oxygen atoms in total. The first kappa shape index (κ1) is 9.72. The van der Waals surface area contributed by atoms with Gasteiger partial charge in [-0.2, -0.15) is 5.10 Å². The second kappa shape index (κ2) is 3.83. The Balaban J connectivity index is 2.23. The molecule has 0 fully saturated rings. The fourth-order valence-electron chi connectivity index (χ4n) is 1.81. The summed E-state index contributed by atoms with van der Waals surface area (Å²) >= 11 is 0. The smallest absolute Gasteiger partial charge is 0.168 e. The van der Waals surface area contributed by atoms with Crippen LogP contribution in [0.15, 0.2) is 42.5 Å². The van der Waals surface area contributed by atoms with E-state index in [2.05, 4.69) is 15.2 Å². The second-order valence-corrected chi connectivity index (χ2v) is 3.68. The molecular formula is C13H9N3O. The molecule has 0 aliphatic carbocycles. The summed E-state index contributed by atoms with van der Waals surface area (Å²) in [5, 5.41) is 8.19. The number of para-hydroxylation sites is 1. The van der Waals surface area contributed by atoms with Gasteiger partial charge in [0, 0.05) is 5.39 Å². The summed E-state index contributed by atoms with van der Waals surface area (Å²) in [6, 6.07) is 13.1. The van der Waals surface area contributed by atoms with Gasteiger partial charge < -0.3 is 0 Å². The number of aldehydes is 1. The SMILES string of the molecule is O=Cc1cccc(-c2n[nH]c3ccccc23)n1. The van der Waals surface area contributed by atoms with Crippen molar-refractivity contribution in [3.63, 3.8) is 0 Å². The monoisotopic (exact) mass is 223 g/mol. The molecule has 3 aromatic rings. The predicted molar refractivity (Wildman–Crippen MR) is 64.7 cm³/mol. The summed E-state index contributed by atoms with van der Waals surface area (Å²) < 4.78 is 0. The van der Waals surface area contributed by atoms with Crippen molar-refractivity contribution in [2.24, 2.45) is 0 Å². The van der Waals surface area contributed by atoms with Crippen molar-refractivity contribution in [1.82, 2.24) is 15.2 Å². The molecule has 0 amide bonds. The maximum absolute atomic E-state index is 10.7. The van der Waals surface area contributed by atoms with Crippen molar-refractivity contribution in [2.75, 3.05) is 0 Å². The van der Waals surface area contributed by atoms with E-state index in [-0.39, 0.29) is 0 Å². The number of benzene rings is 1. The van der Waals surface area contributed by atoms with Crippen molar-refractivity contribution in [1.29, 1.82) is 0 Å². The van der Waals surface area contributed by atoms with Gasteiger partial charge >= 0.3 is 0 Å². The Hall–Kier alpha value is -2.49. The lowest BCUT2D eigenvalue weighted by molar-refractivity contribution is 0.111. The van der Waals surface area contributed by atoms with Gasteiger partial charge in [-0.3, -0.25) is 9.89 Å². The number of nitrogens with zero attached hydrogens (tertiary/aromatic N) is 2. The first-order chi connectivity index (χ1) is 8.38. The van der Waals surface area contributed by atoms with E-state index < -0.39 is 0 Å². The number of carbonyl (C=O) groups is 1. The highest BCUT2D eigenvalue weighted by molar-refractivity contribution is 5.92. The van der Waals surface area contributed by atoms with Gasteiger partial charge in [0.1, 0.15) is 11.4 Å². The van der Waals surface area contributed by atoms with Crippen molar-refractivity contribution in [3.8, 4) is 11.4 Å². The molecule has 0 unspecified atom stereocenters. The van der Waals surface area contributed by atoms with Gasteiger partial charge in [-0.05, 0) is 18.2 Å². The highest BCUT2D eigenvalue weighted by atomic mass is 16.1.